The number of nitrogens with one attached hydrogen (secondary N) is 1. The fourth-order valence-electron chi connectivity index (χ4n) is 4.58. The minimum Gasteiger partial charge on any atom is -0.450 e. The summed E-state index contributed by atoms with van der Waals surface area (Å²) in [7, 11) is 0. The smallest absolute Gasteiger partial charge is 0.450 e. The van der Waals surface area contributed by atoms with Gasteiger partial charge in [0.25, 0.3) is 0 Å². The van der Waals surface area contributed by atoms with Crippen LogP contribution in [0.3, 0.4) is 0 Å². The van der Waals surface area contributed by atoms with Crippen molar-refractivity contribution in [2.75, 3.05) is 5.32 Å². The number of allylic oxidation sites excluding steroid dienone is 1. The van der Waals surface area contributed by atoms with Crippen LogP contribution in [0.25, 0.3) is 22.4 Å². The molecule has 3 N–H and O–H groups in total. The Morgan fingerprint density at radius 1 is 1.00 bits per heavy atom. The van der Waals surface area contributed by atoms with Gasteiger partial charge >= 0.3 is 12.2 Å². The summed E-state index contributed by atoms with van der Waals surface area (Å²) in [6, 6.07) is 16.9. The fourth-order valence-corrected chi connectivity index (χ4v) is 4.96. The van der Waals surface area contributed by atoms with E-state index >= 15 is 0 Å². The number of carbonyl (C=O) groups excluding carboxylic acids is 1. The topological polar surface area (TPSA) is 122 Å². The van der Waals surface area contributed by atoms with E-state index in [1.54, 1.807) is 6.92 Å². The minimum absolute atomic E-state index is 0.373. The summed E-state index contributed by atoms with van der Waals surface area (Å²) in [4.78, 5) is 21.2. The molecule has 0 spiro atoms. The van der Waals surface area contributed by atoms with E-state index in [9.17, 15) is 4.79 Å². The van der Waals surface area contributed by atoms with Crippen LogP contribution >= 0.6 is 11.6 Å². The number of aromatic nitrogens is 1. The Bertz CT molecular complexity index is 1310. The van der Waals surface area contributed by atoms with E-state index in [4.69, 9.17) is 35.9 Å². The molecule has 8 nitrogen and oxygen atoms in total. The summed E-state index contributed by atoms with van der Waals surface area (Å²) in [6.45, 7) is 3.63. The van der Waals surface area contributed by atoms with Gasteiger partial charge in [-0.2, -0.15) is 0 Å². The van der Waals surface area contributed by atoms with Crippen LogP contribution in [0.5, 0.6) is 0 Å². The van der Waals surface area contributed by atoms with E-state index in [1.165, 1.54) is 24.0 Å². The van der Waals surface area contributed by atoms with Crippen molar-refractivity contribution >= 4 is 29.5 Å². The number of anilines is 1. The van der Waals surface area contributed by atoms with Crippen molar-refractivity contribution in [3.63, 3.8) is 0 Å². The number of aryl methyl sites for hydroxylation is 1. The lowest BCUT2D eigenvalue weighted by atomic mass is 9.96. The number of ether oxygens (including phenoxy) is 1. The number of hydrogen-bond acceptors (Lipinski definition) is 5. The lowest BCUT2D eigenvalue weighted by Gasteiger charge is -2.22. The SMILES string of the molecule is Cc1onc(-c2ccc(-c3ccc(C4CC4)cc3)cc2)c1NC(=O)OC(C)C1=C(Cl)CCCC1.O=C(O)O. The van der Waals surface area contributed by atoms with Crippen molar-refractivity contribution in [3.05, 3.63) is 70.5 Å². The van der Waals surface area contributed by atoms with Gasteiger partial charge in [0, 0.05) is 10.6 Å². The van der Waals surface area contributed by atoms with Gasteiger partial charge in [-0.25, -0.2) is 9.59 Å². The highest BCUT2D eigenvalue weighted by Gasteiger charge is 2.24. The van der Waals surface area contributed by atoms with Crippen LogP contribution in [0, 0.1) is 6.92 Å². The van der Waals surface area contributed by atoms with Crippen LogP contribution in [0.1, 0.15) is 62.7 Å². The molecule has 2 aromatic carbocycles. The highest BCUT2D eigenvalue weighted by Crippen LogP contribution is 2.40. The van der Waals surface area contributed by atoms with Crippen molar-refractivity contribution in [1.82, 2.24) is 5.16 Å². The first-order chi connectivity index (χ1) is 18.2. The highest BCUT2D eigenvalue weighted by atomic mass is 35.5. The number of nitrogens with zero attached hydrogens (tertiary/aromatic N) is 1. The Kier molecular flexibility index (Phi) is 8.73. The second kappa shape index (κ2) is 12.2. The standard InChI is InChI=1S/C28H29ClN2O3.CH2O3/c1-17(24-5-3-4-6-25(24)29)33-28(32)30-26-18(2)34-31-27(26)23-15-13-22(14-16-23)21-11-9-20(10-12-21)19-7-8-19;2-1(3)4/h9-17,19H,3-8H2,1-2H3,(H,30,32);(H2,2,3,4). The molecule has 1 fully saturated rings. The molecule has 0 bridgehead atoms. The summed E-state index contributed by atoms with van der Waals surface area (Å²) in [6.07, 6.45) is 3.71. The molecule has 1 amide bonds. The summed E-state index contributed by atoms with van der Waals surface area (Å²) < 4.78 is 11.0. The summed E-state index contributed by atoms with van der Waals surface area (Å²) in [5.41, 5.74) is 6.70. The maximum atomic E-state index is 12.7. The number of rotatable bonds is 6. The van der Waals surface area contributed by atoms with Crippen LogP contribution in [-0.2, 0) is 4.74 Å². The first-order valence-electron chi connectivity index (χ1n) is 12.7. The quantitative estimate of drug-likeness (QED) is 0.288. The van der Waals surface area contributed by atoms with Crippen LogP contribution in [0.15, 0.2) is 63.7 Å². The predicted octanol–water partition coefficient (Wildman–Crippen LogP) is 8.42. The molecule has 0 aliphatic heterocycles. The van der Waals surface area contributed by atoms with Gasteiger partial charge in [0.1, 0.15) is 17.5 Å². The molecule has 38 heavy (non-hydrogen) atoms. The molecule has 2 aliphatic rings. The molecule has 1 atom stereocenters. The van der Waals surface area contributed by atoms with Gasteiger partial charge in [-0.3, -0.25) is 5.32 Å². The van der Waals surface area contributed by atoms with Gasteiger partial charge in [-0.1, -0.05) is 65.3 Å². The van der Waals surface area contributed by atoms with Crippen molar-refractivity contribution in [3.8, 4) is 22.4 Å². The second-order valence-electron chi connectivity index (χ2n) is 9.53. The number of carboxylic acid groups (broad SMARTS) is 2. The Labute approximate surface area is 226 Å². The van der Waals surface area contributed by atoms with Gasteiger partial charge in [0.15, 0.2) is 5.76 Å². The van der Waals surface area contributed by atoms with Crippen molar-refractivity contribution in [2.24, 2.45) is 0 Å². The lowest BCUT2D eigenvalue weighted by Crippen LogP contribution is -2.23. The first kappa shape index (κ1) is 27.3. The van der Waals surface area contributed by atoms with Crippen molar-refractivity contribution in [1.29, 1.82) is 0 Å². The molecule has 1 saturated carbocycles. The summed E-state index contributed by atoms with van der Waals surface area (Å²) in [5, 5.41) is 21.8. The van der Waals surface area contributed by atoms with E-state index in [0.717, 1.165) is 53.3 Å². The third-order valence-corrected chi connectivity index (χ3v) is 7.19. The molecule has 1 aromatic heterocycles. The van der Waals surface area contributed by atoms with Crippen molar-refractivity contribution < 1.29 is 29.1 Å². The van der Waals surface area contributed by atoms with E-state index in [1.807, 2.05) is 19.1 Å². The van der Waals surface area contributed by atoms with Gasteiger partial charge in [-0.15, -0.1) is 0 Å². The Morgan fingerprint density at radius 3 is 2.13 bits per heavy atom. The number of halogens is 1. The van der Waals surface area contributed by atoms with Gasteiger partial charge in [-0.05, 0) is 80.6 Å². The van der Waals surface area contributed by atoms with E-state index < -0.39 is 12.2 Å². The fraction of sp³-hybridized carbons (Fsp3) is 0.345. The van der Waals surface area contributed by atoms with E-state index in [-0.39, 0.29) is 6.10 Å². The second-order valence-corrected chi connectivity index (χ2v) is 9.98. The molecule has 200 valence electrons. The number of benzene rings is 2. The first-order valence-corrected chi connectivity index (χ1v) is 13.0. The average molecular weight is 539 g/mol. The monoisotopic (exact) mass is 538 g/mol. The highest BCUT2D eigenvalue weighted by molar-refractivity contribution is 6.30. The molecule has 1 unspecified atom stereocenters. The van der Waals surface area contributed by atoms with Crippen LogP contribution in [0.4, 0.5) is 15.3 Å². The third-order valence-electron chi connectivity index (χ3n) is 6.76. The van der Waals surface area contributed by atoms with E-state index in [2.05, 4.69) is 46.9 Å². The largest absolute Gasteiger partial charge is 0.503 e. The Morgan fingerprint density at radius 2 is 1.55 bits per heavy atom. The summed E-state index contributed by atoms with van der Waals surface area (Å²) >= 11 is 6.36. The third kappa shape index (κ3) is 6.95. The van der Waals surface area contributed by atoms with Crippen LogP contribution < -0.4 is 5.32 Å². The van der Waals surface area contributed by atoms with Crippen molar-refractivity contribution in [2.45, 2.75) is 64.4 Å². The molecule has 0 radical (unpaired) electrons. The zero-order valence-corrected chi connectivity index (χ0v) is 22.1. The molecular weight excluding hydrogens is 508 g/mol. The zero-order chi connectivity index (χ0) is 27.2. The van der Waals surface area contributed by atoms with Gasteiger partial charge in [0.2, 0.25) is 0 Å². The van der Waals surface area contributed by atoms with E-state index in [0.29, 0.717) is 17.1 Å². The van der Waals surface area contributed by atoms with Gasteiger partial charge < -0.3 is 19.5 Å². The van der Waals surface area contributed by atoms with Crippen LogP contribution in [0.2, 0.25) is 0 Å². The molecule has 3 aromatic rings. The molecule has 2 aliphatic carbocycles. The molecule has 9 heteroatoms. The summed E-state index contributed by atoms with van der Waals surface area (Å²) in [5.74, 6) is 1.28. The Balaban J connectivity index is 0.000000786. The van der Waals surface area contributed by atoms with Crippen LogP contribution in [-0.4, -0.2) is 33.7 Å². The maximum Gasteiger partial charge on any atom is 0.503 e. The predicted molar refractivity (Wildman–Crippen MR) is 146 cm³/mol. The van der Waals surface area contributed by atoms with Gasteiger partial charge in [0.05, 0.1) is 0 Å². The average Bonchev–Trinajstić information content (AvgIpc) is 3.68. The number of carbonyl (C=O) groups is 2. The zero-order valence-electron chi connectivity index (χ0n) is 21.4. The molecule has 0 saturated heterocycles. The number of hydrogen-bond donors (Lipinski definition) is 3. The molecule has 1 heterocycles. The minimum atomic E-state index is -1.83. The lowest BCUT2D eigenvalue weighted by molar-refractivity contribution is 0.133. The molecular formula is C29H31ClN2O6. The Hall–Kier alpha value is -3.78. The maximum absolute atomic E-state index is 12.7. The number of amides is 1. The normalized spacial score (nSPS) is 15.8. The molecule has 5 rings (SSSR count).